The number of nitrogens with zero attached hydrogens (tertiary/aromatic N) is 1. The van der Waals surface area contributed by atoms with Crippen LogP contribution in [0.1, 0.15) is 19.8 Å². The third kappa shape index (κ3) is 5.42. The number of carbonyl (C=O) groups excluding carboxylic acids is 1. The van der Waals surface area contributed by atoms with E-state index in [1.807, 2.05) is 0 Å². The fraction of sp³-hybridized carbons (Fsp3) is 0.533. The molecule has 0 saturated carbocycles. The third-order valence-electron chi connectivity index (χ3n) is 3.81. The van der Waals surface area contributed by atoms with Crippen LogP contribution in [-0.2, 0) is 19.7 Å². The average molecular weight is 413 g/mol. The summed E-state index contributed by atoms with van der Waals surface area (Å²) in [6.07, 6.45) is 0.726. The number of ether oxygens (including phenoxy) is 2. The van der Waals surface area contributed by atoms with E-state index in [4.69, 9.17) is 16.3 Å². The fourth-order valence-electron chi connectivity index (χ4n) is 2.56. The van der Waals surface area contributed by atoms with Crippen molar-refractivity contribution < 1.29 is 31.5 Å². The molecule has 1 fully saturated rings. The van der Waals surface area contributed by atoms with Gasteiger partial charge in [-0.25, -0.2) is 0 Å². The van der Waals surface area contributed by atoms with Crippen LogP contribution in [0.5, 0.6) is 5.75 Å². The van der Waals surface area contributed by atoms with Crippen LogP contribution >= 0.6 is 11.6 Å². The van der Waals surface area contributed by atoms with Crippen LogP contribution < -0.4 is 9.46 Å². The van der Waals surface area contributed by atoms with Gasteiger partial charge in [0, 0.05) is 13.1 Å². The topological polar surface area (TPSA) is 84.9 Å². The molecule has 1 aliphatic heterocycles. The fourth-order valence-corrected chi connectivity index (χ4v) is 4.03. The minimum Gasteiger partial charge on any atom is -0.466 e. The Kier molecular flexibility index (Phi) is 7.01. The molecule has 1 aromatic rings. The first kappa shape index (κ1) is 20.7. The van der Waals surface area contributed by atoms with Crippen molar-refractivity contribution in [3.63, 3.8) is 0 Å². The van der Waals surface area contributed by atoms with Gasteiger partial charge in [0.15, 0.2) is 0 Å². The number of carbonyl (C=O) groups is 1. The number of rotatable bonds is 7. The van der Waals surface area contributed by atoms with Crippen molar-refractivity contribution in [1.29, 1.82) is 0 Å². The molecule has 0 aromatic heterocycles. The second kappa shape index (κ2) is 8.83. The quantitative estimate of drug-likeness (QED) is 0.696. The van der Waals surface area contributed by atoms with Crippen LogP contribution in [0, 0.1) is 5.92 Å². The van der Waals surface area contributed by atoms with E-state index in [1.54, 1.807) is 6.92 Å². The van der Waals surface area contributed by atoms with Gasteiger partial charge in [0.25, 0.3) is 0 Å². The van der Waals surface area contributed by atoms with Crippen molar-refractivity contribution in [2.24, 2.45) is 5.92 Å². The molecule has 2 rings (SSSR count). The molecule has 7 nitrogen and oxygen atoms in total. The number of piperidine rings is 1. The Morgan fingerprint density at radius 1 is 1.38 bits per heavy atom. The van der Waals surface area contributed by atoms with Gasteiger partial charge in [-0.1, -0.05) is 11.6 Å². The monoisotopic (exact) mass is 412 g/mol. The number of nitrogens with one attached hydrogen (secondary N) is 1. The second-order valence-corrected chi connectivity index (χ2v) is 7.63. The molecule has 11 heteroatoms. The van der Waals surface area contributed by atoms with Crippen molar-refractivity contribution in [2.45, 2.75) is 26.4 Å². The number of hydrogen-bond donors (Lipinski definition) is 1. The van der Waals surface area contributed by atoms with Gasteiger partial charge in [-0.15, -0.1) is 0 Å². The minimum atomic E-state index is -3.87. The molecule has 0 spiro atoms. The number of hydrogen-bond acceptors (Lipinski definition) is 5. The van der Waals surface area contributed by atoms with E-state index in [2.05, 4.69) is 9.46 Å². The normalized spacial score (nSPS) is 16.5. The van der Waals surface area contributed by atoms with Crippen LogP contribution in [0.4, 0.5) is 14.5 Å². The molecule has 0 aliphatic carbocycles. The van der Waals surface area contributed by atoms with Gasteiger partial charge < -0.3 is 9.47 Å². The van der Waals surface area contributed by atoms with Gasteiger partial charge >= 0.3 is 22.8 Å². The maximum Gasteiger partial charge on any atom is 0.387 e. The SMILES string of the molecule is CCOC(=O)C1CCN(S(=O)(=O)Nc2ccc(OC(F)F)c(Cl)c2)CC1. The second-order valence-electron chi connectivity index (χ2n) is 5.56. The molecular formula is C15H19ClF2N2O5S. The highest BCUT2D eigenvalue weighted by atomic mass is 35.5. The zero-order valence-corrected chi connectivity index (χ0v) is 15.5. The number of halogens is 3. The number of alkyl halides is 2. The molecule has 1 N–H and O–H groups in total. The first-order valence-electron chi connectivity index (χ1n) is 7.91. The van der Waals surface area contributed by atoms with Crippen molar-refractivity contribution in [1.82, 2.24) is 4.31 Å². The summed E-state index contributed by atoms with van der Waals surface area (Å²) in [5.41, 5.74) is 0.115. The van der Waals surface area contributed by atoms with Crippen LogP contribution in [0.2, 0.25) is 5.02 Å². The van der Waals surface area contributed by atoms with E-state index >= 15 is 0 Å². The molecule has 0 atom stereocenters. The Morgan fingerprint density at radius 2 is 2.04 bits per heavy atom. The third-order valence-corrected chi connectivity index (χ3v) is 5.64. The van der Waals surface area contributed by atoms with Crippen LogP contribution in [-0.4, -0.2) is 45.0 Å². The summed E-state index contributed by atoms with van der Waals surface area (Å²) >= 11 is 5.81. The van der Waals surface area contributed by atoms with E-state index in [-0.39, 0.29) is 48.0 Å². The molecule has 1 aromatic carbocycles. The molecule has 1 aliphatic rings. The largest absolute Gasteiger partial charge is 0.466 e. The maximum absolute atomic E-state index is 12.4. The summed E-state index contributed by atoms with van der Waals surface area (Å²) in [5.74, 6) is -0.889. The molecular weight excluding hydrogens is 394 g/mol. The van der Waals surface area contributed by atoms with E-state index in [1.165, 1.54) is 16.4 Å². The molecule has 0 amide bonds. The van der Waals surface area contributed by atoms with Gasteiger partial charge in [0.1, 0.15) is 5.75 Å². The Balaban J connectivity index is 1.99. The summed E-state index contributed by atoms with van der Waals surface area (Å²) in [6.45, 7) is -0.705. The highest BCUT2D eigenvalue weighted by Gasteiger charge is 2.31. The highest BCUT2D eigenvalue weighted by molar-refractivity contribution is 7.90. The number of benzene rings is 1. The number of esters is 1. The summed E-state index contributed by atoms with van der Waals surface area (Å²) in [4.78, 5) is 11.7. The first-order valence-corrected chi connectivity index (χ1v) is 9.73. The first-order chi connectivity index (χ1) is 12.2. The lowest BCUT2D eigenvalue weighted by molar-refractivity contribution is -0.149. The smallest absolute Gasteiger partial charge is 0.387 e. The Labute approximate surface area is 155 Å². The molecule has 0 unspecified atom stereocenters. The van der Waals surface area contributed by atoms with E-state index in [9.17, 15) is 22.0 Å². The van der Waals surface area contributed by atoms with Gasteiger partial charge in [0.05, 0.1) is 23.2 Å². The molecule has 0 bridgehead atoms. The number of anilines is 1. The summed E-state index contributed by atoms with van der Waals surface area (Å²) in [6, 6.07) is 3.61. The van der Waals surface area contributed by atoms with Crippen LogP contribution in [0.25, 0.3) is 0 Å². The van der Waals surface area contributed by atoms with E-state index < -0.39 is 16.8 Å². The highest BCUT2D eigenvalue weighted by Crippen LogP contribution is 2.30. The lowest BCUT2D eigenvalue weighted by Gasteiger charge is -2.30. The zero-order valence-electron chi connectivity index (χ0n) is 14.0. The lowest BCUT2D eigenvalue weighted by atomic mass is 9.98. The van der Waals surface area contributed by atoms with Gasteiger partial charge in [0.2, 0.25) is 0 Å². The predicted molar refractivity (Wildman–Crippen MR) is 91.6 cm³/mol. The minimum absolute atomic E-state index is 0.115. The molecule has 26 heavy (non-hydrogen) atoms. The van der Waals surface area contributed by atoms with Gasteiger partial charge in [-0.2, -0.15) is 21.5 Å². The van der Waals surface area contributed by atoms with Crippen LogP contribution in [0.3, 0.4) is 0 Å². The van der Waals surface area contributed by atoms with E-state index in [0.29, 0.717) is 12.8 Å². The molecule has 0 radical (unpaired) electrons. The summed E-state index contributed by atoms with van der Waals surface area (Å²) in [7, 11) is -3.87. The maximum atomic E-state index is 12.4. The Bertz CT molecular complexity index is 740. The van der Waals surface area contributed by atoms with Gasteiger partial charge in [-0.05, 0) is 38.0 Å². The van der Waals surface area contributed by atoms with Crippen molar-refractivity contribution in [3.05, 3.63) is 23.2 Å². The Morgan fingerprint density at radius 3 is 2.58 bits per heavy atom. The zero-order chi connectivity index (χ0) is 19.3. The van der Waals surface area contributed by atoms with E-state index in [0.717, 1.165) is 6.07 Å². The summed E-state index contributed by atoms with van der Waals surface area (Å²) < 4.78 is 62.0. The van der Waals surface area contributed by atoms with Gasteiger partial charge in [-0.3, -0.25) is 9.52 Å². The standard InChI is InChI=1S/C15H19ClF2N2O5S/c1-2-24-14(21)10-5-7-20(8-6-10)26(22,23)19-11-3-4-13(12(16)9-11)25-15(17)18/h3-4,9-10,15,19H,2,5-8H2,1H3. The average Bonchev–Trinajstić information content (AvgIpc) is 2.57. The predicted octanol–water partition coefficient (Wildman–Crippen LogP) is 2.87. The van der Waals surface area contributed by atoms with Crippen molar-refractivity contribution in [2.75, 3.05) is 24.4 Å². The Hall–Kier alpha value is -1.65. The molecule has 1 saturated heterocycles. The summed E-state index contributed by atoms with van der Waals surface area (Å²) in [5, 5.41) is -0.147. The molecule has 146 valence electrons. The molecule has 1 heterocycles. The van der Waals surface area contributed by atoms with Crippen LogP contribution in [0.15, 0.2) is 18.2 Å². The van der Waals surface area contributed by atoms with Crippen molar-refractivity contribution >= 4 is 33.5 Å². The lowest BCUT2D eigenvalue weighted by Crippen LogP contribution is -2.43. The van der Waals surface area contributed by atoms with Crippen molar-refractivity contribution in [3.8, 4) is 5.75 Å².